The van der Waals surface area contributed by atoms with Gasteiger partial charge in [0, 0.05) is 51.7 Å². The van der Waals surface area contributed by atoms with E-state index in [0.717, 1.165) is 29.7 Å². The Labute approximate surface area is 153 Å². The van der Waals surface area contributed by atoms with Gasteiger partial charge in [0.05, 0.1) is 0 Å². The van der Waals surface area contributed by atoms with Gasteiger partial charge >= 0.3 is 0 Å². The van der Waals surface area contributed by atoms with Crippen molar-refractivity contribution >= 4 is 30.3 Å². The molecule has 1 amide bonds. The van der Waals surface area contributed by atoms with Crippen molar-refractivity contribution in [1.82, 2.24) is 0 Å². The van der Waals surface area contributed by atoms with E-state index in [0.29, 0.717) is 0 Å². The molecule has 1 aliphatic rings. The molecule has 1 saturated carbocycles. The first-order chi connectivity index (χ1) is 8.67. The number of hydrogen-bond donors (Lipinski definition) is 1. The third-order valence-electron chi connectivity index (χ3n) is 4.09. The molecule has 0 heterocycles. The molecule has 1 radical (unpaired) electrons. The molecule has 1 aliphatic carbocycles. The van der Waals surface area contributed by atoms with E-state index in [1.165, 1.54) is 5.56 Å². The van der Waals surface area contributed by atoms with Gasteiger partial charge in [0.2, 0.25) is 0 Å². The van der Waals surface area contributed by atoms with Crippen LogP contribution in [0.4, 0.5) is 5.69 Å². The van der Waals surface area contributed by atoms with Crippen LogP contribution in [0.1, 0.15) is 29.5 Å². The zero-order valence-electron chi connectivity index (χ0n) is 12.9. The van der Waals surface area contributed by atoms with Gasteiger partial charge in [-0.1, -0.05) is 24.2 Å². The normalized spacial score (nSPS) is 16.3. The van der Waals surface area contributed by atoms with E-state index < -0.39 is 6.46 Å². The van der Waals surface area contributed by atoms with E-state index in [-0.39, 0.29) is 43.8 Å². The summed E-state index contributed by atoms with van der Waals surface area (Å²) in [6.07, 6.45) is 1.90. The van der Waals surface area contributed by atoms with Crippen LogP contribution >= 0.6 is 6.46 Å². The molecule has 0 saturated heterocycles. The number of hydrogen-bond acceptors (Lipinski definition) is 2. The predicted octanol–water partition coefficient (Wildman–Crippen LogP) is 3.82. The van der Waals surface area contributed by atoms with Gasteiger partial charge in [-0.15, -0.1) is 0 Å². The summed E-state index contributed by atoms with van der Waals surface area (Å²) in [7, 11) is 0. The van der Waals surface area contributed by atoms with Crippen molar-refractivity contribution in [2.24, 2.45) is 0 Å². The van der Waals surface area contributed by atoms with Gasteiger partial charge in [0.25, 0.3) is 5.91 Å². The van der Waals surface area contributed by atoms with Crippen molar-refractivity contribution in [2.75, 3.05) is 18.6 Å². The molecule has 20 heavy (non-hydrogen) atoms. The second-order valence-electron chi connectivity index (χ2n) is 6.11. The summed E-state index contributed by atoms with van der Waals surface area (Å²) in [5.41, 5.74) is 4.44. The van der Waals surface area contributed by atoms with Crippen LogP contribution in [-0.4, -0.2) is 24.4 Å². The Morgan fingerprint density at radius 3 is 2.00 bits per heavy atom. The smallest absolute Gasteiger partial charge is 0.266 e. The van der Waals surface area contributed by atoms with E-state index >= 15 is 0 Å². The molecule has 1 aromatic rings. The van der Waals surface area contributed by atoms with Gasteiger partial charge in [-0.2, -0.15) is 0 Å². The summed E-state index contributed by atoms with van der Waals surface area (Å²) >= 11 is 5.61. The van der Waals surface area contributed by atoms with E-state index in [2.05, 4.69) is 37.7 Å². The molecule has 2 rings (SSSR count). The Bertz CT molecular complexity index is 512. The molecule has 2 nitrogen and oxygen atoms in total. The fourth-order valence-corrected chi connectivity index (χ4v) is 5.27. The van der Waals surface area contributed by atoms with Gasteiger partial charge in [-0.3, -0.25) is 4.79 Å². The van der Waals surface area contributed by atoms with Crippen LogP contribution in [-0.2, 0) is 49.8 Å². The number of carbonyl (C=O) groups is 1. The summed E-state index contributed by atoms with van der Waals surface area (Å²) in [4.78, 5) is 12.6. The molecule has 5 heteroatoms. The standard InChI is InChI=1S/C15H22NOPS.Y/c1-10-8-11(2)13(12(3)9-10)16-14(17)15(6-7-15)18(4,5)19;/h8-9H,6-7H2,1-5H3,(H,16,17);. The summed E-state index contributed by atoms with van der Waals surface area (Å²) in [5, 5.41) is 2.89. The molecule has 107 valence electrons. The quantitative estimate of drug-likeness (QED) is 0.634. The molecule has 0 aliphatic heterocycles. The fourth-order valence-electron chi connectivity index (χ4n) is 2.74. The van der Waals surface area contributed by atoms with Gasteiger partial charge in [-0.05, 0) is 44.7 Å². The number of amides is 1. The predicted molar refractivity (Wildman–Crippen MR) is 87.4 cm³/mol. The van der Waals surface area contributed by atoms with Gasteiger partial charge in [-0.25, -0.2) is 0 Å². The minimum absolute atomic E-state index is 0. The molecule has 1 N–H and O–H groups in total. The van der Waals surface area contributed by atoms with Crippen LogP contribution in [0.3, 0.4) is 0 Å². The van der Waals surface area contributed by atoms with Crippen molar-refractivity contribution in [3.63, 3.8) is 0 Å². The minimum Gasteiger partial charge on any atom is -0.556 e. The Hall–Kier alpha value is 0.574. The molecule has 0 spiro atoms. The summed E-state index contributed by atoms with van der Waals surface area (Å²) < 4.78 is 0. The number of rotatable bonds is 3. The molecular weight excluding hydrogens is 362 g/mol. The molecular formula is C15H22NOPSY. The van der Waals surface area contributed by atoms with E-state index in [1.54, 1.807) is 0 Å². The van der Waals surface area contributed by atoms with E-state index in [9.17, 15) is 4.79 Å². The topological polar surface area (TPSA) is 29.1 Å². The summed E-state index contributed by atoms with van der Waals surface area (Å²) in [6.45, 7) is 8.77. The second kappa shape index (κ2) is 6.36. The SMILES string of the molecule is Cc1cc(C)c(NC(=O)C2([P+](C)(C)[S-])CC2)c(C)c1.[Y]. The van der Waals surface area contributed by atoms with Crippen molar-refractivity contribution in [3.8, 4) is 0 Å². The van der Waals surface area contributed by atoms with Crippen LogP contribution in [0.15, 0.2) is 12.1 Å². The first kappa shape index (κ1) is 18.6. The summed E-state index contributed by atoms with van der Waals surface area (Å²) in [5.74, 6) is 0.135. The Balaban J connectivity index is 0.00000200. The maximum absolute atomic E-state index is 12.6. The van der Waals surface area contributed by atoms with Crippen molar-refractivity contribution in [2.45, 2.75) is 38.8 Å². The molecule has 0 atom stereocenters. The van der Waals surface area contributed by atoms with Gasteiger partial charge < -0.3 is 17.6 Å². The van der Waals surface area contributed by atoms with E-state index in [4.69, 9.17) is 12.2 Å². The van der Waals surface area contributed by atoms with Gasteiger partial charge in [0.1, 0.15) is 5.16 Å². The monoisotopic (exact) mass is 384 g/mol. The van der Waals surface area contributed by atoms with Crippen molar-refractivity contribution < 1.29 is 37.5 Å². The number of aryl methyl sites for hydroxylation is 3. The third-order valence-corrected chi connectivity index (χ3v) is 7.85. The molecule has 0 aromatic heterocycles. The Morgan fingerprint density at radius 1 is 1.20 bits per heavy atom. The molecule has 0 bridgehead atoms. The molecule has 0 unspecified atom stereocenters. The van der Waals surface area contributed by atoms with Crippen LogP contribution in [0.5, 0.6) is 0 Å². The average Bonchev–Trinajstić information content (AvgIpc) is 3.02. The maximum Gasteiger partial charge on any atom is 0.266 e. The summed E-state index contributed by atoms with van der Waals surface area (Å²) in [6, 6.07) is 4.21. The minimum atomic E-state index is -1.57. The molecule has 1 aromatic carbocycles. The van der Waals surface area contributed by atoms with E-state index in [1.807, 2.05) is 13.8 Å². The Kier molecular flexibility index (Phi) is 5.93. The number of benzene rings is 1. The Morgan fingerprint density at radius 2 is 1.65 bits per heavy atom. The third kappa shape index (κ3) is 3.48. The van der Waals surface area contributed by atoms with Gasteiger partial charge in [0.15, 0.2) is 0 Å². The largest absolute Gasteiger partial charge is 0.556 e. The zero-order valence-corrected chi connectivity index (χ0v) is 17.5. The number of nitrogens with one attached hydrogen (secondary N) is 1. The van der Waals surface area contributed by atoms with Crippen LogP contribution in [0.25, 0.3) is 0 Å². The average molecular weight is 384 g/mol. The maximum atomic E-state index is 12.6. The van der Waals surface area contributed by atoms with Crippen LogP contribution in [0, 0.1) is 20.8 Å². The van der Waals surface area contributed by atoms with Crippen LogP contribution < -0.4 is 5.32 Å². The number of carbonyl (C=O) groups excluding carboxylic acids is 1. The molecule has 1 fully saturated rings. The first-order valence-electron chi connectivity index (χ1n) is 6.62. The fraction of sp³-hybridized carbons (Fsp3) is 0.533. The van der Waals surface area contributed by atoms with Crippen molar-refractivity contribution in [1.29, 1.82) is 0 Å². The zero-order chi connectivity index (χ0) is 14.4. The van der Waals surface area contributed by atoms with Crippen LogP contribution in [0.2, 0.25) is 0 Å². The second-order valence-corrected chi connectivity index (χ2v) is 12.4. The van der Waals surface area contributed by atoms with Crippen molar-refractivity contribution in [3.05, 3.63) is 28.8 Å². The first-order valence-corrected chi connectivity index (χ1v) is 10.3. The number of anilines is 1.